The van der Waals surface area contributed by atoms with E-state index in [-0.39, 0.29) is 5.75 Å². The lowest BCUT2D eigenvalue weighted by molar-refractivity contribution is -0.133. The number of aliphatic carboxylic acids is 1. The van der Waals surface area contributed by atoms with Crippen LogP contribution in [0.2, 0.25) is 0 Å². The number of nitrogens with zero attached hydrogens (tertiary/aromatic N) is 3. The van der Waals surface area contributed by atoms with Crippen LogP contribution in [0.25, 0.3) is 0 Å². The maximum atomic E-state index is 10.7. The van der Waals surface area contributed by atoms with Crippen LogP contribution in [0, 0.1) is 5.41 Å². The van der Waals surface area contributed by atoms with E-state index in [1.807, 2.05) is 0 Å². The molecule has 5 nitrogen and oxygen atoms in total. The van der Waals surface area contributed by atoms with Gasteiger partial charge in [0.2, 0.25) is 0 Å². The van der Waals surface area contributed by atoms with E-state index in [0.717, 1.165) is 30.4 Å². The summed E-state index contributed by atoms with van der Waals surface area (Å²) >= 11 is 1.28. The normalized spacial score (nSPS) is 16.9. The number of hydrogen-bond donors (Lipinski definition) is 1. The third-order valence-electron chi connectivity index (χ3n) is 4.25. The van der Waals surface area contributed by atoms with Crippen LogP contribution in [-0.2, 0) is 17.8 Å². The zero-order valence-electron chi connectivity index (χ0n) is 12.3. The van der Waals surface area contributed by atoms with Crippen LogP contribution in [0.5, 0.6) is 0 Å². The molecule has 0 spiro atoms. The van der Waals surface area contributed by atoms with E-state index in [2.05, 4.69) is 28.6 Å². The molecule has 0 aromatic carbocycles. The second-order valence-corrected chi connectivity index (χ2v) is 6.57. The molecule has 1 aliphatic carbocycles. The zero-order chi connectivity index (χ0) is 14.6. The molecule has 1 fully saturated rings. The van der Waals surface area contributed by atoms with Crippen molar-refractivity contribution < 1.29 is 9.90 Å². The van der Waals surface area contributed by atoms with Crippen molar-refractivity contribution in [1.29, 1.82) is 0 Å². The number of hydrogen-bond acceptors (Lipinski definition) is 4. The van der Waals surface area contributed by atoms with Crippen molar-refractivity contribution in [3.8, 4) is 0 Å². The Kier molecular flexibility index (Phi) is 5.07. The van der Waals surface area contributed by atoms with Crippen molar-refractivity contribution in [2.75, 3.05) is 5.75 Å². The first-order valence-electron chi connectivity index (χ1n) is 7.37. The number of thioether (sulfide) groups is 1. The van der Waals surface area contributed by atoms with E-state index in [9.17, 15) is 4.79 Å². The van der Waals surface area contributed by atoms with E-state index >= 15 is 0 Å². The summed E-state index contributed by atoms with van der Waals surface area (Å²) in [6, 6.07) is 0. The molecule has 1 N–H and O–H groups in total. The van der Waals surface area contributed by atoms with Gasteiger partial charge in [-0.1, -0.05) is 32.0 Å². The number of carbonyl (C=O) groups is 1. The Morgan fingerprint density at radius 3 is 2.65 bits per heavy atom. The van der Waals surface area contributed by atoms with Gasteiger partial charge in [-0.2, -0.15) is 0 Å². The van der Waals surface area contributed by atoms with Gasteiger partial charge >= 0.3 is 5.97 Å². The first-order valence-corrected chi connectivity index (χ1v) is 8.35. The van der Waals surface area contributed by atoms with Crippen molar-refractivity contribution in [3.05, 3.63) is 5.82 Å². The molecule has 0 amide bonds. The molecule has 112 valence electrons. The Hall–Kier alpha value is -1.04. The molecule has 1 heterocycles. The highest BCUT2D eigenvalue weighted by atomic mass is 32.2. The molecule has 2 rings (SSSR count). The Bertz CT molecular complexity index is 463. The summed E-state index contributed by atoms with van der Waals surface area (Å²) in [6.45, 7) is 5.31. The van der Waals surface area contributed by atoms with Gasteiger partial charge in [-0.25, -0.2) is 0 Å². The fourth-order valence-electron chi connectivity index (χ4n) is 2.76. The highest BCUT2D eigenvalue weighted by molar-refractivity contribution is 7.99. The maximum Gasteiger partial charge on any atom is 0.313 e. The van der Waals surface area contributed by atoms with Crippen LogP contribution in [-0.4, -0.2) is 31.6 Å². The SMILES string of the molecule is CCCc1nnc(SCC(=O)O)n1CC1(CC)CCC1. The summed E-state index contributed by atoms with van der Waals surface area (Å²) < 4.78 is 2.17. The third kappa shape index (κ3) is 3.34. The molecular weight excluding hydrogens is 274 g/mol. The summed E-state index contributed by atoms with van der Waals surface area (Å²) in [6.07, 6.45) is 6.92. The minimum Gasteiger partial charge on any atom is -0.481 e. The van der Waals surface area contributed by atoms with E-state index in [1.54, 1.807) is 0 Å². The Labute approximate surface area is 124 Å². The highest BCUT2D eigenvalue weighted by Crippen LogP contribution is 2.45. The Morgan fingerprint density at radius 1 is 1.40 bits per heavy atom. The van der Waals surface area contributed by atoms with Crippen LogP contribution in [0.4, 0.5) is 0 Å². The predicted octanol–water partition coefficient (Wildman–Crippen LogP) is 2.99. The molecule has 0 atom stereocenters. The third-order valence-corrected chi connectivity index (χ3v) is 5.20. The van der Waals surface area contributed by atoms with Gasteiger partial charge in [-0.15, -0.1) is 10.2 Å². The van der Waals surface area contributed by atoms with Crippen molar-refractivity contribution in [2.24, 2.45) is 5.41 Å². The highest BCUT2D eigenvalue weighted by Gasteiger charge is 2.36. The summed E-state index contributed by atoms with van der Waals surface area (Å²) in [5.74, 6) is 0.235. The van der Waals surface area contributed by atoms with Gasteiger partial charge < -0.3 is 9.67 Å². The topological polar surface area (TPSA) is 68.0 Å². The van der Waals surface area contributed by atoms with E-state index in [0.29, 0.717) is 5.41 Å². The van der Waals surface area contributed by atoms with E-state index in [4.69, 9.17) is 5.11 Å². The summed E-state index contributed by atoms with van der Waals surface area (Å²) in [7, 11) is 0. The lowest BCUT2D eigenvalue weighted by atomic mass is 9.67. The molecule has 1 aliphatic rings. The van der Waals surface area contributed by atoms with Crippen LogP contribution < -0.4 is 0 Å². The minimum atomic E-state index is -0.810. The van der Waals surface area contributed by atoms with Crippen molar-refractivity contribution in [3.63, 3.8) is 0 Å². The second kappa shape index (κ2) is 6.61. The Morgan fingerprint density at radius 2 is 2.15 bits per heavy atom. The first-order chi connectivity index (χ1) is 9.60. The molecule has 0 unspecified atom stereocenters. The second-order valence-electron chi connectivity index (χ2n) is 5.62. The number of rotatable bonds is 8. The zero-order valence-corrected chi connectivity index (χ0v) is 13.1. The molecule has 6 heteroatoms. The standard InChI is InChI=1S/C14H23N3O2S/c1-3-6-11-15-16-13(20-9-12(18)19)17(11)10-14(4-2)7-5-8-14/h3-10H2,1-2H3,(H,18,19). The molecule has 20 heavy (non-hydrogen) atoms. The number of carboxylic acid groups (broad SMARTS) is 1. The minimum absolute atomic E-state index is 0.0450. The molecule has 1 aromatic rings. The fraction of sp³-hybridized carbons (Fsp3) is 0.786. The number of aryl methyl sites for hydroxylation is 1. The molecule has 1 saturated carbocycles. The van der Waals surface area contributed by atoms with Crippen LogP contribution in [0.1, 0.15) is 51.8 Å². The van der Waals surface area contributed by atoms with Gasteiger partial charge in [-0.05, 0) is 31.1 Å². The van der Waals surface area contributed by atoms with Gasteiger partial charge in [0.05, 0.1) is 5.75 Å². The average molecular weight is 297 g/mol. The van der Waals surface area contributed by atoms with Gasteiger partial charge in [0, 0.05) is 13.0 Å². The molecule has 0 saturated heterocycles. The molecule has 0 bridgehead atoms. The van der Waals surface area contributed by atoms with Crippen LogP contribution in [0.15, 0.2) is 5.16 Å². The first kappa shape index (κ1) is 15.4. The van der Waals surface area contributed by atoms with E-state index in [1.165, 1.54) is 37.4 Å². The molecule has 1 aromatic heterocycles. The maximum absolute atomic E-state index is 10.7. The van der Waals surface area contributed by atoms with Gasteiger partial charge in [0.15, 0.2) is 5.16 Å². The van der Waals surface area contributed by atoms with Gasteiger partial charge in [0.1, 0.15) is 5.82 Å². The van der Waals surface area contributed by atoms with Crippen molar-refractivity contribution in [1.82, 2.24) is 14.8 Å². The molecule has 0 radical (unpaired) electrons. The summed E-state index contributed by atoms with van der Waals surface area (Å²) in [5, 5.41) is 18.0. The van der Waals surface area contributed by atoms with Crippen LogP contribution >= 0.6 is 11.8 Å². The smallest absolute Gasteiger partial charge is 0.313 e. The molecule has 0 aliphatic heterocycles. The largest absolute Gasteiger partial charge is 0.481 e. The average Bonchev–Trinajstić information content (AvgIpc) is 2.74. The van der Waals surface area contributed by atoms with Crippen molar-refractivity contribution in [2.45, 2.75) is 64.1 Å². The monoisotopic (exact) mass is 297 g/mol. The van der Waals surface area contributed by atoms with Gasteiger partial charge in [-0.3, -0.25) is 4.79 Å². The predicted molar refractivity (Wildman–Crippen MR) is 79.0 cm³/mol. The molecular formula is C14H23N3O2S. The van der Waals surface area contributed by atoms with Gasteiger partial charge in [0.25, 0.3) is 0 Å². The fourth-order valence-corrected chi connectivity index (χ4v) is 3.43. The Balaban J connectivity index is 2.17. The van der Waals surface area contributed by atoms with E-state index < -0.39 is 5.97 Å². The lowest BCUT2D eigenvalue weighted by Gasteiger charge is -2.42. The number of carboxylic acids is 1. The summed E-state index contributed by atoms with van der Waals surface area (Å²) in [4.78, 5) is 10.7. The number of aromatic nitrogens is 3. The summed E-state index contributed by atoms with van der Waals surface area (Å²) in [5.41, 5.74) is 0.378. The lowest BCUT2D eigenvalue weighted by Crippen LogP contribution is -2.34. The van der Waals surface area contributed by atoms with Crippen LogP contribution in [0.3, 0.4) is 0 Å². The quantitative estimate of drug-likeness (QED) is 0.747. The van der Waals surface area contributed by atoms with Crippen molar-refractivity contribution >= 4 is 17.7 Å².